The number of nitrogens with zero attached hydrogens (tertiary/aromatic N) is 4. The van der Waals surface area contributed by atoms with Gasteiger partial charge in [0.15, 0.2) is 5.69 Å². The molecule has 3 aromatic rings. The Morgan fingerprint density at radius 2 is 1.78 bits per heavy atom. The number of hydrogen-bond acceptors (Lipinski definition) is 3. The molecule has 0 bridgehead atoms. The van der Waals surface area contributed by atoms with Crippen molar-refractivity contribution in [2.45, 2.75) is 12.7 Å². The van der Waals surface area contributed by atoms with Gasteiger partial charge in [0.25, 0.3) is 5.56 Å². The van der Waals surface area contributed by atoms with Gasteiger partial charge in [0.2, 0.25) is 0 Å². The van der Waals surface area contributed by atoms with Crippen molar-refractivity contribution in [3.05, 3.63) is 76.5 Å². The molecule has 2 heterocycles. The molecule has 3 rings (SSSR count). The number of alkyl halides is 3. The van der Waals surface area contributed by atoms with Gasteiger partial charge in [-0.15, -0.1) is 0 Å². The molecule has 2 aromatic heterocycles. The summed E-state index contributed by atoms with van der Waals surface area (Å²) in [6.07, 6.45) is -1.17. The zero-order valence-electron chi connectivity index (χ0n) is 11.7. The minimum absolute atomic E-state index is 0.0395. The van der Waals surface area contributed by atoms with Gasteiger partial charge in [0, 0.05) is 18.5 Å². The molecular formula is C15H11F3N4O. The van der Waals surface area contributed by atoms with Gasteiger partial charge in [-0.25, -0.2) is 9.36 Å². The highest BCUT2D eigenvalue weighted by Gasteiger charge is 2.33. The SMILES string of the molecule is O=c1ccc(C(F)(F)F)nn1Cc1ccc(-n2cccn2)cc1. The van der Waals surface area contributed by atoms with Gasteiger partial charge < -0.3 is 0 Å². The van der Waals surface area contributed by atoms with Crippen molar-refractivity contribution in [3.63, 3.8) is 0 Å². The van der Waals surface area contributed by atoms with E-state index in [0.717, 1.165) is 16.4 Å². The van der Waals surface area contributed by atoms with Crippen LogP contribution in [0.4, 0.5) is 13.2 Å². The van der Waals surface area contributed by atoms with E-state index in [0.29, 0.717) is 11.6 Å². The van der Waals surface area contributed by atoms with Crippen molar-refractivity contribution in [2.24, 2.45) is 0 Å². The van der Waals surface area contributed by atoms with E-state index in [9.17, 15) is 18.0 Å². The predicted molar refractivity (Wildman–Crippen MR) is 76.2 cm³/mol. The van der Waals surface area contributed by atoms with Gasteiger partial charge in [0.1, 0.15) is 0 Å². The highest BCUT2D eigenvalue weighted by atomic mass is 19.4. The van der Waals surface area contributed by atoms with Crippen molar-refractivity contribution in [3.8, 4) is 5.69 Å². The summed E-state index contributed by atoms with van der Waals surface area (Å²) in [7, 11) is 0. The third kappa shape index (κ3) is 3.31. The Kier molecular flexibility index (Phi) is 3.73. The second kappa shape index (κ2) is 5.71. The molecule has 0 aliphatic heterocycles. The van der Waals surface area contributed by atoms with Gasteiger partial charge in [-0.1, -0.05) is 12.1 Å². The first-order valence-corrected chi connectivity index (χ1v) is 6.68. The Morgan fingerprint density at radius 1 is 1.04 bits per heavy atom. The first-order chi connectivity index (χ1) is 10.9. The Balaban J connectivity index is 1.86. The fourth-order valence-electron chi connectivity index (χ4n) is 2.06. The number of halogens is 3. The maximum atomic E-state index is 12.7. The fourth-order valence-corrected chi connectivity index (χ4v) is 2.06. The van der Waals surface area contributed by atoms with E-state index in [1.165, 1.54) is 0 Å². The summed E-state index contributed by atoms with van der Waals surface area (Å²) in [5.41, 5.74) is -0.211. The van der Waals surface area contributed by atoms with Crippen LogP contribution in [0.3, 0.4) is 0 Å². The molecule has 8 heteroatoms. The Morgan fingerprint density at radius 3 is 2.39 bits per heavy atom. The van der Waals surface area contributed by atoms with E-state index < -0.39 is 17.4 Å². The second-order valence-corrected chi connectivity index (χ2v) is 4.83. The van der Waals surface area contributed by atoms with Crippen LogP contribution in [0.1, 0.15) is 11.3 Å². The Bertz CT molecular complexity index is 852. The highest BCUT2D eigenvalue weighted by Crippen LogP contribution is 2.26. The average molecular weight is 320 g/mol. The average Bonchev–Trinajstić information content (AvgIpc) is 3.03. The van der Waals surface area contributed by atoms with E-state index in [4.69, 9.17) is 0 Å². The Hall–Kier alpha value is -2.90. The maximum absolute atomic E-state index is 12.7. The minimum Gasteiger partial charge on any atom is -0.268 e. The highest BCUT2D eigenvalue weighted by molar-refractivity contribution is 5.33. The van der Waals surface area contributed by atoms with Gasteiger partial charge in [-0.2, -0.15) is 23.4 Å². The van der Waals surface area contributed by atoms with Crippen molar-refractivity contribution < 1.29 is 13.2 Å². The molecule has 0 amide bonds. The molecule has 0 fully saturated rings. The third-order valence-electron chi connectivity index (χ3n) is 3.19. The lowest BCUT2D eigenvalue weighted by Gasteiger charge is -2.10. The van der Waals surface area contributed by atoms with Crippen molar-refractivity contribution in [1.82, 2.24) is 19.6 Å². The van der Waals surface area contributed by atoms with Crippen LogP contribution in [0, 0.1) is 0 Å². The summed E-state index contributed by atoms with van der Waals surface area (Å²) in [5, 5.41) is 7.45. The minimum atomic E-state index is -4.58. The largest absolute Gasteiger partial charge is 0.435 e. The van der Waals surface area contributed by atoms with Crippen LogP contribution in [0.2, 0.25) is 0 Å². The van der Waals surface area contributed by atoms with Gasteiger partial charge in [-0.3, -0.25) is 4.79 Å². The topological polar surface area (TPSA) is 52.7 Å². The summed E-state index contributed by atoms with van der Waals surface area (Å²) in [6.45, 7) is -0.0395. The van der Waals surface area contributed by atoms with E-state index in [1.54, 1.807) is 47.4 Å². The zero-order chi connectivity index (χ0) is 16.4. The molecule has 0 spiro atoms. The summed E-state index contributed by atoms with van der Waals surface area (Å²) < 4.78 is 40.4. The lowest BCUT2D eigenvalue weighted by molar-refractivity contribution is -0.142. The van der Waals surface area contributed by atoms with Crippen molar-refractivity contribution >= 4 is 0 Å². The molecule has 23 heavy (non-hydrogen) atoms. The lowest BCUT2D eigenvalue weighted by Crippen LogP contribution is -2.26. The number of aromatic nitrogens is 4. The number of rotatable bonds is 3. The number of benzene rings is 1. The molecule has 0 saturated heterocycles. The summed E-state index contributed by atoms with van der Waals surface area (Å²) in [4.78, 5) is 11.7. The van der Waals surface area contributed by atoms with E-state index in [1.807, 2.05) is 0 Å². The van der Waals surface area contributed by atoms with Crippen molar-refractivity contribution in [2.75, 3.05) is 0 Å². The normalized spacial score (nSPS) is 11.6. The third-order valence-corrected chi connectivity index (χ3v) is 3.19. The molecule has 118 valence electrons. The van der Waals surface area contributed by atoms with Crippen LogP contribution in [-0.4, -0.2) is 19.6 Å². The van der Waals surface area contributed by atoms with Gasteiger partial charge in [-0.05, 0) is 29.8 Å². The standard InChI is InChI=1S/C15H11F3N4O/c16-15(17,18)13-6-7-14(23)22(20-13)10-11-2-4-12(5-3-11)21-9-1-8-19-21/h1-9H,10H2. The van der Waals surface area contributed by atoms with Crippen LogP contribution >= 0.6 is 0 Å². The molecule has 5 nitrogen and oxygen atoms in total. The molecule has 0 N–H and O–H groups in total. The van der Waals surface area contributed by atoms with Crippen molar-refractivity contribution in [1.29, 1.82) is 0 Å². The van der Waals surface area contributed by atoms with Gasteiger partial charge >= 0.3 is 6.18 Å². The quantitative estimate of drug-likeness (QED) is 0.745. The molecular weight excluding hydrogens is 309 g/mol. The molecule has 0 radical (unpaired) electrons. The molecule has 0 saturated carbocycles. The van der Waals surface area contributed by atoms with E-state index >= 15 is 0 Å². The van der Waals surface area contributed by atoms with E-state index in [2.05, 4.69) is 10.2 Å². The summed E-state index contributed by atoms with van der Waals surface area (Å²) >= 11 is 0. The molecule has 0 aliphatic rings. The Labute approximate surface area is 128 Å². The molecule has 0 atom stereocenters. The predicted octanol–water partition coefficient (Wildman–Crippen LogP) is 2.50. The van der Waals surface area contributed by atoms with Crippen LogP contribution in [-0.2, 0) is 12.7 Å². The molecule has 0 unspecified atom stereocenters. The number of hydrogen-bond donors (Lipinski definition) is 0. The zero-order valence-corrected chi connectivity index (χ0v) is 11.7. The molecule has 0 aliphatic carbocycles. The first kappa shape index (κ1) is 15.0. The summed E-state index contributed by atoms with van der Waals surface area (Å²) in [6, 6.07) is 10.3. The first-order valence-electron chi connectivity index (χ1n) is 6.68. The summed E-state index contributed by atoms with van der Waals surface area (Å²) in [5.74, 6) is 0. The van der Waals surface area contributed by atoms with E-state index in [-0.39, 0.29) is 6.54 Å². The second-order valence-electron chi connectivity index (χ2n) is 4.83. The van der Waals surface area contributed by atoms with Crippen LogP contribution in [0.15, 0.2) is 59.7 Å². The molecule has 1 aromatic carbocycles. The maximum Gasteiger partial charge on any atom is 0.435 e. The van der Waals surface area contributed by atoms with Crippen LogP contribution < -0.4 is 5.56 Å². The smallest absolute Gasteiger partial charge is 0.268 e. The fraction of sp³-hybridized carbons (Fsp3) is 0.133. The van der Waals surface area contributed by atoms with Gasteiger partial charge in [0.05, 0.1) is 12.2 Å². The lowest BCUT2D eigenvalue weighted by atomic mass is 10.2. The van der Waals surface area contributed by atoms with Crippen LogP contribution in [0.5, 0.6) is 0 Å². The van der Waals surface area contributed by atoms with Crippen LogP contribution in [0.25, 0.3) is 5.69 Å². The monoisotopic (exact) mass is 320 g/mol.